The van der Waals surface area contributed by atoms with Crippen molar-refractivity contribution in [3.8, 4) is 0 Å². The van der Waals surface area contributed by atoms with Crippen molar-refractivity contribution < 1.29 is 22.8 Å². The predicted octanol–water partition coefficient (Wildman–Crippen LogP) is 3.01. The van der Waals surface area contributed by atoms with Crippen LogP contribution in [-0.4, -0.2) is 50.9 Å². The van der Waals surface area contributed by atoms with Gasteiger partial charge in [0.1, 0.15) is 5.82 Å². The number of aromatic nitrogens is 3. The predicted molar refractivity (Wildman–Crippen MR) is 104 cm³/mol. The normalized spacial score (nSPS) is 17.9. The van der Waals surface area contributed by atoms with Gasteiger partial charge in [-0.15, -0.1) is 10.2 Å². The molecule has 1 aliphatic rings. The third-order valence-corrected chi connectivity index (χ3v) is 5.20. The first kappa shape index (κ1) is 22.0. The molecule has 1 atom stereocenters. The van der Waals surface area contributed by atoms with Gasteiger partial charge >= 0.3 is 6.18 Å². The lowest BCUT2D eigenvalue weighted by atomic mass is 9.95. The zero-order valence-electron chi connectivity index (χ0n) is 17.3. The number of nitrogens with one attached hydrogen (secondary N) is 1. The Labute approximate surface area is 172 Å². The number of fused-ring (bicyclic) bond motifs is 1. The molecule has 1 aliphatic heterocycles. The summed E-state index contributed by atoms with van der Waals surface area (Å²) in [6, 6.07) is 2.28. The number of nitrogens with zero attached hydrogens (tertiary/aromatic N) is 4. The minimum Gasteiger partial charge on any atom is -0.355 e. The lowest BCUT2D eigenvalue weighted by Gasteiger charge is -2.32. The Morgan fingerprint density at radius 2 is 1.93 bits per heavy atom. The van der Waals surface area contributed by atoms with E-state index >= 15 is 0 Å². The number of likely N-dealkylation sites (tertiary alicyclic amines) is 1. The van der Waals surface area contributed by atoms with E-state index in [1.54, 1.807) is 25.7 Å². The van der Waals surface area contributed by atoms with E-state index in [0.29, 0.717) is 31.0 Å². The highest BCUT2D eigenvalue weighted by atomic mass is 19.4. The molecule has 0 aliphatic carbocycles. The van der Waals surface area contributed by atoms with E-state index in [4.69, 9.17) is 0 Å². The molecule has 1 unspecified atom stereocenters. The highest BCUT2D eigenvalue weighted by Crippen LogP contribution is 2.31. The van der Waals surface area contributed by atoms with Crippen LogP contribution in [0.25, 0.3) is 5.65 Å². The van der Waals surface area contributed by atoms with Crippen molar-refractivity contribution in [2.24, 2.45) is 5.41 Å². The van der Waals surface area contributed by atoms with E-state index in [9.17, 15) is 22.8 Å². The summed E-state index contributed by atoms with van der Waals surface area (Å²) >= 11 is 0. The van der Waals surface area contributed by atoms with Crippen LogP contribution in [-0.2, 0) is 15.8 Å². The quantitative estimate of drug-likeness (QED) is 0.817. The van der Waals surface area contributed by atoms with Crippen LogP contribution in [0.1, 0.15) is 57.3 Å². The summed E-state index contributed by atoms with van der Waals surface area (Å²) in [6.45, 7) is 6.58. The summed E-state index contributed by atoms with van der Waals surface area (Å²) in [5.41, 5.74) is -0.954. The van der Waals surface area contributed by atoms with Crippen LogP contribution < -0.4 is 5.32 Å². The molecule has 0 radical (unpaired) electrons. The van der Waals surface area contributed by atoms with Gasteiger partial charge in [-0.3, -0.25) is 14.0 Å². The summed E-state index contributed by atoms with van der Waals surface area (Å²) < 4.78 is 40.6. The molecule has 10 heteroatoms. The van der Waals surface area contributed by atoms with Crippen LogP contribution in [0.2, 0.25) is 0 Å². The molecule has 1 fully saturated rings. The van der Waals surface area contributed by atoms with Gasteiger partial charge in [0, 0.05) is 43.6 Å². The molecule has 0 saturated carbocycles. The van der Waals surface area contributed by atoms with Crippen molar-refractivity contribution >= 4 is 17.5 Å². The minimum absolute atomic E-state index is 0.0984. The molecule has 1 saturated heterocycles. The maximum atomic E-state index is 13.1. The number of piperidine rings is 1. The Bertz CT molecular complexity index is 933. The van der Waals surface area contributed by atoms with Crippen molar-refractivity contribution in [3.05, 3.63) is 29.7 Å². The number of rotatable bonds is 4. The van der Waals surface area contributed by atoms with Crippen molar-refractivity contribution in [2.45, 2.75) is 52.1 Å². The van der Waals surface area contributed by atoms with Gasteiger partial charge in [-0.05, 0) is 25.0 Å². The van der Waals surface area contributed by atoms with E-state index in [1.165, 1.54) is 10.5 Å². The number of carbonyl (C=O) groups is 2. The standard InChI is InChI=1S/C20H26F3N5O2/c1-19(2,3)18(30)24-9-8-16(29)27-10-4-5-13(11-27)17-26-25-15-7-6-14(12-28(15)17)20(21,22)23/h6-7,12-13H,4-5,8-11H2,1-3H3,(H,24,30). The number of halogens is 3. The van der Waals surface area contributed by atoms with E-state index in [0.717, 1.165) is 18.7 Å². The fourth-order valence-corrected chi connectivity index (χ4v) is 3.48. The van der Waals surface area contributed by atoms with Gasteiger partial charge in [0.2, 0.25) is 11.8 Å². The summed E-state index contributed by atoms with van der Waals surface area (Å²) in [5.74, 6) is 0.000847. The Morgan fingerprint density at radius 1 is 1.20 bits per heavy atom. The number of carbonyl (C=O) groups excluding carboxylic acids is 2. The largest absolute Gasteiger partial charge is 0.417 e. The monoisotopic (exact) mass is 425 g/mol. The first-order chi connectivity index (χ1) is 14.0. The number of pyridine rings is 1. The molecule has 30 heavy (non-hydrogen) atoms. The molecule has 0 aromatic carbocycles. The third kappa shape index (κ3) is 4.91. The molecule has 2 amide bonds. The first-order valence-corrected chi connectivity index (χ1v) is 9.95. The zero-order chi connectivity index (χ0) is 22.1. The Hall–Kier alpha value is -2.65. The average Bonchev–Trinajstić information content (AvgIpc) is 3.09. The highest BCUT2D eigenvalue weighted by molar-refractivity contribution is 5.82. The van der Waals surface area contributed by atoms with Crippen molar-refractivity contribution in [1.82, 2.24) is 24.8 Å². The second kappa shape index (κ2) is 8.23. The lowest BCUT2D eigenvalue weighted by Crippen LogP contribution is -2.42. The fraction of sp³-hybridized carbons (Fsp3) is 0.600. The zero-order valence-corrected chi connectivity index (χ0v) is 17.3. The molecule has 3 heterocycles. The van der Waals surface area contributed by atoms with Crippen molar-refractivity contribution in [1.29, 1.82) is 0 Å². The van der Waals surface area contributed by atoms with Gasteiger partial charge in [-0.25, -0.2) is 0 Å². The number of hydrogen-bond donors (Lipinski definition) is 1. The smallest absolute Gasteiger partial charge is 0.355 e. The van der Waals surface area contributed by atoms with Gasteiger partial charge < -0.3 is 10.2 Å². The number of hydrogen-bond acceptors (Lipinski definition) is 4. The van der Waals surface area contributed by atoms with Gasteiger partial charge in [0.05, 0.1) is 5.56 Å². The maximum absolute atomic E-state index is 13.1. The lowest BCUT2D eigenvalue weighted by molar-refractivity contribution is -0.138. The van der Waals surface area contributed by atoms with E-state index in [1.807, 2.05) is 0 Å². The number of amides is 2. The molecular formula is C20H26F3N5O2. The number of alkyl halides is 3. The summed E-state index contributed by atoms with van der Waals surface area (Å²) in [5, 5.41) is 10.8. The van der Waals surface area contributed by atoms with Crippen LogP contribution >= 0.6 is 0 Å². The first-order valence-electron chi connectivity index (χ1n) is 9.95. The van der Waals surface area contributed by atoms with Crippen molar-refractivity contribution in [2.75, 3.05) is 19.6 Å². The van der Waals surface area contributed by atoms with Crippen LogP contribution in [0, 0.1) is 5.41 Å². The van der Waals surface area contributed by atoms with Gasteiger partial charge in [-0.1, -0.05) is 20.8 Å². The van der Waals surface area contributed by atoms with Gasteiger partial charge in [0.25, 0.3) is 0 Å². The molecule has 2 aromatic rings. The topological polar surface area (TPSA) is 79.6 Å². The maximum Gasteiger partial charge on any atom is 0.417 e. The summed E-state index contributed by atoms with van der Waals surface area (Å²) in [4.78, 5) is 26.2. The molecule has 1 N–H and O–H groups in total. The Kier molecular flexibility index (Phi) is 6.05. The van der Waals surface area contributed by atoms with Crippen molar-refractivity contribution in [3.63, 3.8) is 0 Å². The minimum atomic E-state index is -4.46. The molecular weight excluding hydrogens is 399 g/mol. The average molecular weight is 425 g/mol. The van der Waals surface area contributed by atoms with Crippen LogP contribution in [0.5, 0.6) is 0 Å². The van der Waals surface area contributed by atoms with Gasteiger partial charge in [-0.2, -0.15) is 13.2 Å². The Balaban J connectivity index is 1.67. The second-order valence-electron chi connectivity index (χ2n) is 8.64. The second-order valence-corrected chi connectivity index (χ2v) is 8.64. The molecule has 3 rings (SSSR count). The van der Waals surface area contributed by atoms with E-state index < -0.39 is 17.2 Å². The summed E-state index contributed by atoms with van der Waals surface area (Å²) in [6.07, 6.45) is -1.84. The molecule has 164 valence electrons. The van der Waals surface area contributed by atoms with E-state index in [-0.39, 0.29) is 30.7 Å². The van der Waals surface area contributed by atoms with Gasteiger partial charge in [0.15, 0.2) is 5.65 Å². The summed E-state index contributed by atoms with van der Waals surface area (Å²) in [7, 11) is 0. The van der Waals surface area contributed by atoms with Crippen LogP contribution in [0.4, 0.5) is 13.2 Å². The van der Waals surface area contributed by atoms with Crippen LogP contribution in [0.3, 0.4) is 0 Å². The molecule has 0 bridgehead atoms. The fourth-order valence-electron chi connectivity index (χ4n) is 3.48. The van der Waals surface area contributed by atoms with Crippen LogP contribution in [0.15, 0.2) is 18.3 Å². The highest BCUT2D eigenvalue weighted by Gasteiger charge is 2.33. The third-order valence-electron chi connectivity index (χ3n) is 5.20. The van der Waals surface area contributed by atoms with E-state index in [2.05, 4.69) is 15.5 Å². The molecule has 2 aromatic heterocycles. The Morgan fingerprint density at radius 3 is 2.60 bits per heavy atom. The molecule has 7 nitrogen and oxygen atoms in total. The molecule has 0 spiro atoms. The SMILES string of the molecule is CC(C)(C)C(=O)NCCC(=O)N1CCCC(c2nnc3ccc(C(F)(F)F)cn23)C1.